The van der Waals surface area contributed by atoms with E-state index in [2.05, 4.69) is 32.6 Å². The molecule has 0 amide bonds. The second-order valence-electron chi connectivity index (χ2n) is 12.6. The highest BCUT2D eigenvalue weighted by Gasteiger charge is 2.52. The summed E-state index contributed by atoms with van der Waals surface area (Å²) in [6, 6.07) is 28.9. The van der Waals surface area contributed by atoms with E-state index in [-0.39, 0.29) is 30.0 Å². The quantitative estimate of drug-likeness (QED) is 0.101. The van der Waals surface area contributed by atoms with Crippen molar-refractivity contribution in [2.24, 2.45) is 0 Å². The summed E-state index contributed by atoms with van der Waals surface area (Å²) < 4.78 is 39.9. The van der Waals surface area contributed by atoms with Crippen molar-refractivity contribution in [1.82, 2.24) is 0 Å². The van der Waals surface area contributed by atoms with Crippen molar-refractivity contribution in [1.29, 1.82) is 0 Å². The third-order valence-electron chi connectivity index (χ3n) is 7.96. The van der Waals surface area contributed by atoms with Gasteiger partial charge in [0.1, 0.15) is 11.9 Å². The summed E-state index contributed by atoms with van der Waals surface area (Å²) in [6.07, 6.45) is -1.26. The average molecular weight is 656 g/mol. The van der Waals surface area contributed by atoms with E-state index in [1.54, 1.807) is 19.1 Å². The zero-order chi connectivity index (χ0) is 33.5. The molecule has 0 radical (unpaired) electrons. The molecule has 46 heavy (non-hydrogen) atoms. The molecule has 4 aromatic rings. The maximum atomic E-state index is 14.0. The normalized spacial score (nSPS) is 12.6. The fourth-order valence-electron chi connectivity index (χ4n) is 5.90. The molecule has 5 nitrogen and oxygen atoms in total. The van der Waals surface area contributed by atoms with Gasteiger partial charge >= 0.3 is 14.0 Å². The first kappa shape index (κ1) is 34.9. The van der Waals surface area contributed by atoms with Gasteiger partial charge in [0.25, 0.3) is 8.32 Å². The first-order chi connectivity index (χ1) is 21.8. The van der Waals surface area contributed by atoms with E-state index in [1.165, 1.54) is 6.07 Å². The summed E-state index contributed by atoms with van der Waals surface area (Å²) in [5.74, 6) is 4.85. The van der Waals surface area contributed by atoms with Crippen LogP contribution >= 0.6 is 8.03 Å². The zero-order valence-corrected chi connectivity index (χ0v) is 29.2. The second kappa shape index (κ2) is 15.1. The number of hydrogen-bond donors (Lipinski definition) is 1. The molecule has 0 bridgehead atoms. The van der Waals surface area contributed by atoms with Crippen LogP contribution in [0.15, 0.2) is 91.0 Å². The highest BCUT2D eigenvalue weighted by molar-refractivity contribution is 7.39. The Labute approximate surface area is 273 Å². The topological polar surface area (TPSA) is 72.8 Å². The minimum Gasteiger partial charge on any atom is -0.481 e. The first-order valence-corrected chi connectivity index (χ1v) is 18.5. The van der Waals surface area contributed by atoms with Gasteiger partial charge in [0.15, 0.2) is 6.61 Å². The van der Waals surface area contributed by atoms with Crippen molar-refractivity contribution in [3.63, 3.8) is 0 Å². The number of carboxylic acid groups (broad SMARTS) is 1. The Morgan fingerprint density at radius 1 is 0.913 bits per heavy atom. The Morgan fingerprint density at radius 2 is 1.52 bits per heavy atom. The maximum Gasteiger partial charge on any atom is 0.511 e. The molecule has 0 aliphatic rings. The maximum absolute atomic E-state index is 14.0. The lowest BCUT2D eigenvalue weighted by atomic mass is 9.93. The molecule has 0 heterocycles. The molecule has 1 unspecified atom stereocenters. The molecule has 0 aliphatic carbocycles. The molecule has 0 aromatic heterocycles. The van der Waals surface area contributed by atoms with Crippen LogP contribution in [0.2, 0.25) is 5.04 Å². The Kier molecular flexibility index (Phi) is 11.5. The van der Waals surface area contributed by atoms with Gasteiger partial charge in [-0.25, -0.2) is 4.39 Å². The highest BCUT2D eigenvalue weighted by atomic mass is 31.1. The average Bonchev–Trinajstić information content (AvgIpc) is 3.00. The molecule has 0 fully saturated rings. The molecule has 238 valence electrons. The van der Waals surface area contributed by atoms with Crippen molar-refractivity contribution < 1.29 is 27.8 Å². The lowest BCUT2D eigenvalue weighted by Crippen LogP contribution is -2.68. The first-order valence-electron chi connectivity index (χ1n) is 15.3. The molecule has 2 atom stereocenters. The van der Waals surface area contributed by atoms with E-state index in [4.69, 9.17) is 8.95 Å². The number of aliphatic carboxylic acids is 1. The zero-order valence-electron chi connectivity index (χ0n) is 27.3. The summed E-state index contributed by atoms with van der Waals surface area (Å²) in [6.45, 7) is 11.9. The smallest absolute Gasteiger partial charge is 0.481 e. The van der Waals surface area contributed by atoms with Crippen LogP contribution in [-0.4, -0.2) is 38.3 Å². The van der Waals surface area contributed by atoms with Crippen LogP contribution in [0.5, 0.6) is 0 Å². The Balaban J connectivity index is 1.58. The van der Waals surface area contributed by atoms with Gasteiger partial charge < -0.3 is 9.53 Å². The van der Waals surface area contributed by atoms with Gasteiger partial charge in [0.2, 0.25) is 6.16 Å². The molecule has 1 N–H and O–H groups in total. The highest BCUT2D eigenvalue weighted by Crippen LogP contribution is 2.39. The number of aryl methyl sites for hydroxylation is 3. The van der Waals surface area contributed by atoms with Crippen molar-refractivity contribution in [3.8, 4) is 23.0 Å². The van der Waals surface area contributed by atoms with E-state index < -0.39 is 28.4 Å². The number of hydrogen-bond acceptors (Lipinski definition) is 4. The molecule has 4 rings (SSSR count). The SMILES string of the molecule is Cc1cc(C)c(C#CCO[P+](=O)C[C@H](CC(=O)O)O[Si](c2ccccc2)(c2ccccc2)C(C)(C)C)c(-c2ccc(F)c(C)c2)c1. The molecule has 8 heteroatoms. The van der Waals surface area contributed by atoms with Crippen LogP contribution in [0.25, 0.3) is 11.1 Å². The summed E-state index contributed by atoms with van der Waals surface area (Å²) in [4.78, 5) is 12.0. The van der Waals surface area contributed by atoms with E-state index in [0.717, 1.165) is 38.2 Å². The summed E-state index contributed by atoms with van der Waals surface area (Å²) >= 11 is 0. The summed E-state index contributed by atoms with van der Waals surface area (Å²) in [5.41, 5.74) is 5.11. The largest absolute Gasteiger partial charge is 0.511 e. The molecular formula is C38H41FO5PSi+. The molecular weight excluding hydrogens is 614 g/mol. The van der Waals surface area contributed by atoms with Gasteiger partial charge in [-0.3, -0.25) is 4.79 Å². The van der Waals surface area contributed by atoms with Gasteiger partial charge in [-0.1, -0.05) is 117 Å². The number of carbonyl (C=O) groups is 1. The Hall–Kier alpha value is -3.92. The van der Waals surface area contributed by atoms with Gasteiger partial charge in [-0.2, -0.15) is 0 Å². The van der Waals surface area contributed by atoms with Crippen LogP contribution in [-0.2, 0) is 18.3 Å². The third kappa shape index (κ3) is 8.26. The lowest BCUT2D eigenvalue weighted by molar-refractivity contribution is -0.138. The fourth-order valence-corrected chi connectivity index (χ4v) is 11.6. The fraction of sp³-hybridized carbons (Fsp3) is 0.289. The molecule has 0 spiro atoms. The van der Waals surface area contributed by atoms with Crippen molar-refractivity contribution >= 4 is 32.7 Å². The summed E-state index contributed by atoms with van der Waals surface area (Å²) in [5, 5.41) is 11.5. The molecule has 0 aliphatic heterocycles. The van der Waals surface area contributed by atoms with Crippen LogP contribution < -0.4 is 10.4 Å². The predicted molar refractivity (Wildman–Crippen MR) is 186 cm³/mol. The standard InChI is InChI=1S/C38H40FO5PSi/c1-27-22-28(2)34(35(23-27)30-19-20-36(39)29(3)24-30)18-13-21-43-45(42)26-31(25-37(40)41)44-46(38(4,5)6,32-14-9-7-10-15-32)33-16-11-8-12-17-33/h7-12,14-17,19-20,22-24,31H,21,25-26H2,1-6H3/p+1/t31-/m0/s1. The third-order valence-corrected chi connectivity index (χ3v) is 14.2. The number of benzene rings is 4. The minimum atomic E-state index is -3.08. The second-order valence-corrected chi connectivity index (χ2v) is 18.1. The van der Waals surface area contributed by atoms with Gasteiger partial charge in [0, 0.05) is 5.56 Å². The number of halogens is 1. The van der Waals surface area contributed by atoms with Gasteiger partial charge in [0.05, 0.1) is 6.42 Å². The van der Waals surface area contributed by atoms with Gasteiger partial charge in [-0.15, -0.1) is 4.52 Å². The van der Waals surface area contributed by atoms with E-state index in [0.29, 0.717) is 5.56 Å². The van der Waals surface area contributed by atoms with Crippen molar-refractivity contribution in [3.05, 3.63) is 119 Å². The molecule has 0 saturated heterocycles. The van der Waals surface area contributed by atoms with Crippen molar-refractivity contribution in [2.75, 3.05) is 12.8 Å². The lowest BCUT2D eigenvalue weighted by Gasteiger charge is -2.44. The van der Waals surface area contributed by atoms with E-state index in [1.807, 2.05) is 86.6 Å². The van der Waals surface area contributed by atoms with E-state index >= 15 is 0 Å². The monoisotopic (exact) mass is 655 g/mol. The minimum absolute atomic E-state index is 0.0858. The van der Waals surface area contributed by atoms with Crippen LogP contribution in [0, 0.1) is 38.4 Å². The molecule has 0 saturated carbocycles. The number of carboxylic acids is 1. The van der Waals surface area contributed by atoms with Crippen LogP contribution in [0.4, 0.5) is 4.39 Å². The van der Waals surface area contributed by atoms with E-state index in [9.17, 15) is 18.9 Å². The predicted octanol–water partition coefficient (Wildman–Crippen LogP) is 7.95. The Bertz CT molecular complexity index is 1720. The Morgan fingerprint density at radius 3 is 2.07 bits per heavy atom. The summed E-state index contributed by atoms with van der Waals surface area (Å²) in [7, 11) is -5.37. The van der Waals surface area contributed by atoms with Crippen molar-refractivity contribution in [2.45, 2.75) is 59.1 Å². The van der Waals surface area contributed by atoms with Crippen LogP contribution in [0.3, 0.4) is 0 Å². The number of rotatable bonds is 11. The molecule has 4 aromatic carbocycles. The van der Waals surface area contributed by atoms with Crippen LogP contribution in [0.1, 0.15) is 49.4 Å². The van der Waals surface area contributed by atoms with Gasteiger partial charge in [-0.05, 0) is 75.1 Å².